The van der Waals surface area contributed by atoms with Gasteiger partial charge in [-0.05, 0) is 36.1 Å². The van der Waals surface area contributed by atoms with Crippen LogP contribution in [0.3, 0.4) is 0 Å². The van der Waals surface area contributed by atoms with E-state index in [1.54, 1.807) is 17.8 Å². The SMILES string of the molecule is CSc1ccc(-c2cc3ccccc3oc2=O)cc1. The van der Waals surface area contributed by atoms with Crippen molar-refractivity contribution in [2.75, 3.05) is 6.26 Å². The van der Waals surface area contributed by atoms with E-state index in [0.29, 0.717) is 11.1 Å². The molecule has 94 valence electrons. The van der Waals surface area contributed by atoms with Crippen LogP contribution in [0.25, 0.3) is 22.1 Å². The van der Waals surface area contributed by atoms with E-state index in [1.807, 2.05) is 54.8 Å². The second-order valence-electron chi connectivity index (χ2n) is 4.21. The molecule has 0 amide bonds. The molecular weight excluding hydrogens is 256 g/mol. The molecule has 0 unspecified atom stereocenters. The fourth-order valence-corrected chi connectivity index (χ4v) is 2.44. The minimum absolute atomic E-state index is 0.296. The zero-order valence-corrected chi connectivity index (χ0v) is 11.2. The lowest BCUT2D eigenvalue weighted by Gasteiger charge is -2.03. The van der Waals surface area contributed by atoms with Crippen molar-refractivity contribution < 1.29 is 4.42 Å². The van der Waals surface area contributed by atoms with E-state index in [-0.39, 0.29) is 5.63 Å². The number of para-hydroxylation sites is 1. The third-order valence-electron chi connectivity index (χ3n) is 3.04. The van der Waals surface area contributed by atoms with Crippen LogP contribution in [-0.2, 0) is 0 Å². The molecule has 3 aromatic rings. The van der Waals surface area contributed by atoms with Crippen LogP contribution in [0.15, 0.2) is 68.7 Å². The number of thioether (sulfide) groups is 1. The molecule has 0 aliphatic carbocycles. The molecule has 0 saturated heterocycles. The van der Waals surface area contributed by atoms with Crippen molar-refractivity contribution in [3.8, 4) is 11.1 Å². The van der Waals surface area contributed by atoms with Crippen LogP contribution in [0.1, 0.15) is 0 Å². The summed E-state index contributed by atoms with van der Waals surface area (Å²) in [6, 6.07) is 17.3. The molecule has 19 heavy (non-hydrogen) atoms. The predicted molar refractivity (Wildman–Crippen MR) is 79.7 cm³/mol. The monoisotopic (exact) mass is 268 g/mol. The van der Waals surface area contributed by atoms with Crippen molar-refractivity contribution in [2.45, 2.75) is 4.90 Å². The lowest BCUT2D eigenvalue weighted by atomic mass is 10.1. The molecule has 0 aliphatic heterocycles. The number of rotatable bonds is 2. The predicted octanol–water partition coefficient (Wildman–Crippen LogP) is 4.18. The summed E-state index contributed by atoms with van der Waals surface area (Å²) in [5.74, 6) is 0. The first kappa shape index (κ1) is 12.1. The van der Waals surface area contributed by atoms with Crippen molar-refractivity contribution in [1.29, 1.82) is 0 Å². The van der Waals surface area contributed by atoms with Crippen LogP contribution in [0.2, 0.25) is 0 Å². The summed E-state index contributed by atoms with van der Waals surface area (Å²) in [5, 5.41) is 0.936. The van der Waals surface area contributed by atoms with Gasteiger partial charge in [0.25, 0.3) is 0 Å². The molecule has 1 aromatic heterocycles. The smallest absolute Gasteiger partial charge is 0.344 e. The maximum Gasteiger partial charge on any atom is 0.344 e. The number of fused-ring (bicyclic) bond motifs is 1. The van der Waals surface area contributed by atoms with Gasteiger partial charge in [0.15, 0.2) is 0 Å². The van der Waals surface area contributed by atoms with Crippen LogP contribution >= 0.6 is 11.8 Å². The Morgan fingerprint density at radius 2 is 1.74 bits per heavy atom. The summed E-state index contributed by atoms with van der Waals surface area (Å²) in [4.78, 5) is 13.2. The molecule has 0 N–H and O–H groups in total. The Balaban J connectivity index is 2.18. The van der Waals surface area contributed by atoms with Gasteiger partial charge in [-0.3, -0.25) is 0 Å². The van der Waals surface area contributed by atoms with Crippen LogP contribution in [0.5, 0.6) is 0 Å². The Labute approximate surface area is 115 Å². The van der Waals surface area contributed by atoms with Crippen LogP contribution in [-0.4, -0.2) is 6.26 Å². The quantitative estimate of drug-likeness (QED) is 0.516. The molecular formula is C16H12O2S. The minimum Gasteiger partial charge on any atom is -0.422 e. The molecule has 0 radical (unpaired) electrons. The van der Waals surface area contributed by atoms with E-state index in [2.05, 4.69) is 0 Å². The Morgan fingerprint density at radius 3 is 2.47 bits per heavy atom. The molecule has 3 rings (SSSR count). The first-order valence-electron chi connectivity index (χ1n) is 5.95. The molecule has 2 nitrogen and oxygen atoms in total. The standard InChI is InChI=1S/C16H12O2S/c1-19-13-8-6-11(7-9-13)14-10-12-4-2-3-5-15(12)18-16(14)17/h2-10H,1H3. The highest BCUT2D eigenvalue weighted by molar-refractivity contribution is 7.98. The summed E-state index contributed by atoms with van der Waals surface area (Å²) in [5.41, 5.74) is 1.82. The van der Waals surface area contributed by atoms with Crippen LogP contribution < -0.4 is 5.63 Å². The Kier molecular flexibility index (Phi) is 3.13. The summed E-state index contributed by atoms with van der Waals surface area (Å²) in [6.07, 6.45) is 2.03. The average molecular weight is 268 g/mol. The highest BCUT2D eigenvalue weighted by Gasteiger charge is 2.07. The van der Waals surface area contributed by atoms with E-state index in [9.17, 15) is 4.79 Å². The van der Waals surface area contributed by atoms with E-state index in [4.69, 9.17) is 4.42 Å². The highest BCUT2D eigenvalue weighted by atomic mass is 32.2. The topological polar surface area (TPSA) is 30.2 Å². The zero-order valence-electron chi connectivity index (χ0n) is 10.4. The van der Waals surface area contributed by atoms with Crippen molar-refractivity contribution in [1.82, 2.24) is 0 Å². The highest BCUT2D eigenvalue weighted by Crippen LogP contribution is 2.23. The summed E-state index contributed by atoms with van der Waals surface area (Å²) in [6.45, 7) is 0. The van der Waals surface area contributed by atoms with E-state index >= 15 is 0 Å². The van der Waals surface area contributed by atoms with Gasteiger partial charge in [-0.1, -0.05) is 30.3 Å². The second kappa shape index (κ2) is 4.94. The van der Waals surface area contributed by atoms with Gasteiger partial charge in [0, 0.05) is 10.3 Å². The van der Waals surface area contributed by atoms with Gasteiger partial charge in [-0.2, -0.15) is 0 Å². The summed E-state index contributed by atoms with van der Waals surface area (Å²) < 4.78 is 5.34. The van der Waals surface area contributed by atoms with E-state index in [0.717, 1.165) is 10.9 Å². The summed E-state index contributed by atoms with van der Waals surface area (Å²) in [7, 11) is 0. The maximum absolute atomic E-state index is 12.0. The molecule has 0 saturated carbocycles. The van der Waals surface area contributed by atoms with Crippen molar-refractivity contribution >= 4 is 22.7 Å². The number of hydrogen-bond acceptors (Lipinski definition) is 3. The first-order valence-corrected chi connectivity index (χ1v) is 7.18. The molecule has 2 aromatic carbocycles. The number of hydrogen-bond donors (Lipinski definition) is 0. The average Bonchev–Trinajstić information content (AvgIpc) is 2.47. The van der Waals surface area contributed by atoms with Crippen molar-refractivity contribution in [3.63, 3.8) is 0 Å². The van der Waals surface area contributed by atoms with Gasteiger partial charge in [0.2, 0.25) is 0 Å². The zero-order chi connectivity index (χ0) is 13.2. The van der Waals surface area contributed by atoms with E-state index < -0.39 is 0 Å². The lowest BCUT2D eigenvalue weighted by Crippen LogP contribution is -2.02. The molecule has 0 spiro atoms. The fourth-order valence-electron chi connectivity index (χ4n) is 2.03. The van der Waals surface area contributed by atoms with Crippen molar-refractivity contribution in [3.05, 3.63) is 65.0 Å². The third-order valence-corrected chi connectivity index (χ3v) is 3.79. The van der Waals surface area contributed by atoms with Crippen LogP contribution in [0.4, 0.5) is 0 Å². The van der Waals surface area contributed by atoms with Gasteiger partial charge < -0.3 is 4.42 Å². The molecule has 0 aliphatic rings. The first-order chi connectivity index (χ1) is 9.28. The normalized spacial score (nSPS) is 10.8. The maximum atomic E-state index is 12.0. The van der Waals surface area contributed by atoms with Crippen LogP contribution in [0, 0.1) is 0 Å². The van der Waals surface area contributed by atoms with Gasteiger partial charge in [0.1, 0.15) is 5.58 Å². The van der Waals surface area contributed by atoms with Crippen molar-refractivity contribution in [2.24, 2.45) is 0 Å². The molecule has 1 heterocycles. The molecule has 0 fully saturated rings. The lowest BCUT2D eigenvalue weighted by molar-refractivity contribution is 0.563. The fraction of sp³-hybridized carbons (Fsp3) is 0.0625. The van der Waals surface area contributed by atoms with Gasteiger partial charge in [0.05, 0.1) is 5.56 Å². The van der Waals surface area contributed by atoms with Gasteiger partial charge in [-0.15, -0.1) is 11.8 Å². The second-order valence-corrected chi connectivity index (χ2v) is 5.09. The number of benzene rings is 2. The summed E-state index contributed by atoms with van der Waals surface area (Å²) >= 11 is 1.68. The van der Waals surface area contributed by atoms with Gasteiger partial charge >= 0.3 is 5.63 Å². The minimum atomic E-state index is -0.296. The Hall–Kier alpha value is -2.00. The van der Waals surface area contributed by atoms with E-state index in [1.165, 1.54) is 4.90 Å². The molecule has 0 atom stereocenters. The van der Waals surface area contributed by atoms with Gasteiger partial charge in [-0.25, -0.2) is 4.79 Å². The molecule has 3 heteroatoms. The molecule has 0 bridgehead atoms. The largest absolute Gasteiger partial charge is 0.422 e. The third kappa shape index (κ3) is 2.29. The Morgan fingerprint density at radius 1 is 1.00 bits per heavy atom. The Bertz CT molecular complexity index is 773.